The third kappa shape index (κ3) is 3.89. The summed E-state index contributed by atoms with van der Waals surface area (Å²) in [7, 11) is 0. The Kier molecular flexibility index (Phi) is 5.60. The summed E-state index contributed by atoms with van der Waals surface area (Å²) in [4.78, 5) is 17.2. The summed E-state index contributed by atoms with van der Waals surface area (Å²) in [6.45, 7) is 8.92. The molecule has 5 atom stereocenters. The Morgan fingerprint density at radius 1 is 1.17 bits per heavy atom. The molecule has 3 fully saturated rings. The van der Waals surface area contributed by atoms with Crippen molar-refractivity contribution in [2.45, 2.75) is 51.6 Å². The van der Waals surface area contributed by atoms with Gasteiger partial charge >= 0.3 is 0 Å². The van der Waals surface area contributed by atoms with Crippen LogP contribution in [0.2, 0.25) is 0 Å². The maximum absolute atomic E-state index is 12.6. The summed E-state index contributed by atoms with van der Waals surface area (Å²) < 4.78 is 0. The summed E-state index contributed by atoms with van der Waals surface area (Å²) >= 11 is 0. The molecule has 0 aromatic carbocycles. The van der Waals surface area contributed by atoms with Crippen LogP contribution in [0.4, 0.5) is 0 Å². The van der Waals surface area contributed by atoms with Crippen molar-refractivity contribution in [3.05, 3.63) is 0 Å². The van der Waals surface area contributed by atoms with Gasteiger partial charge in [-0.05, 0) is 50.9 Å². The molecule has 5 heteroatoms. The number of fused-ring (bicyclic) bond motifs is 2. The van der Waals surface area contributed by atoms with Crippen LogP contribution in [0.25, 0.3) is 0 Å². The Morgan fingerprint density at radius 2 is 1.91 bits per heavy atom. The van der Waals surface area contributed by atoms with E-state index in [1.165, 1.54) is 25.7 Å². The highest BCUT2D eigenvalue weighted by Crippen LogP contribution is 2.49. The largest absolute Gasteiger partial charge is 0.395 e. The number of β-amino-alcohol motifs (C(OH)–C–C–N with tert-alkyl or cyclic N) is 1. The number of carbonyl (C=O) groups excluding carboxylic acids is 1. The smallest absolute Gasteiger partial charge is 0.237 e. The minimum atomic E-state index is -0.0488. The third-order valence-corrected chi connectivity index (χ3v) is 6.56. The van der Waals surface area contributed by atoms with Crippen molar-refractivity contribution in [3.8, 4) is 0 Å². The highest BCUT2D eigenvalue weighted by Gasteiger charge is 2.42. The molecule has 0 radical (unpaired) electrons. The van der Waals surface area contributed by atoms with Crippen molar-refractivity contribution >= 4 is 5.91 Å². The van der Waals surface area contributed by atoms with E-state index in [1.54, 1.807) is 0 Å². The molecule has 3 rings (SSSR count). The highest BCUT2D eigenvalue weighted by atomic mass is 16.3. The van der Waals surface area contributed by atoms with Crippen LogP contribution in [-0.2, 0) is 4.79 Å². The van der Waals surface area contributed by atoms with Crippen molar-refractivity contribution in [3.63, 3.8) is 0 Å². The fraction of sp³-hybridized carbons (Fsp3) is 0.944. The summed E-state index contributed by atoms with van der Waals surface area (Å²) in [6.07, 6.45) is 5.50. The first-order valence-corrected chi connectivity index (χ1v) is 9.46. The number of nitrogens with zero attached hydrogens (tertiary/aromatic N) is 2. The molecular formula is C18H33N3O2. The number of nitrogens with one attached hydrogen (secondary N) is 1. The van der Waals surface area contributed by atoms with Gasteiger partial charge in [0.2, 0.25) is 5.91 Å². The monoisotopic (exact) mass is 323 g/mol. The highest BCUT2D eigenvalue weighted by molar-refractivity contribution is 5.81. The van der Waals surface area contributed by atoms with Gasteiger partial charge in [-0.25, -0.2) is 0 Å². The molecular weight excluding hydrogens is 290 g/mol. The fourth-order valence-electron chi connectivity index (χ4n) is 5.04. The molecule has 0 aromatic rings. The summed E-state index contributed by atoms with van der Waals surface area (Å²) in [5.74, 6) is 2.68. The van der Waals surface area contributed by atoms with Crippen LogP contribution in [0.15, 0.2) is 0 Å². The van der Waals surface area contributed by atoms with Crippen molar-refractivity contribution < 1.29 is 9.90 Å². The molecule has 5 nitrogen and oxygen atoms in total. The van der Waals surface area contributed by atoms with Gasteiger partial charge in [-0.3, -0.25) is 14.6 Å². The average Bonchev–Trinajstić information content (AvgIpc) is 3.18. The van der Waals surface area contributed by atoms with Gasteiger partial charge in [0.1, 0.15) is 0 Å². The van der Waals surface area contributed by atoms with E-state index in [2.05, 4.69) is 22.0 Å². The quantitative estimate of drug-likeness (QED) is 0.763. The van der Waals surface area contributed by atoms with Crippen LogP contribution < -0.4 is 5.32 Å². The lowest BCUT2D eigenvalue weighted by molar-refractivity contribution is -0.127. The molecule has 132 valence electrons. The Bertz CT molecular complexity index is 409. The second-order valence-electron chi connectivity index (χ2n) is 7.91. The molecule has 1 aliphatic heterocycles. The van der Waals surface area contributed by atoms with Gasteiger partial charge in [0.25, 0.3) is 0 Å². The first kappa shape index (κ1) is 17.2. The number of aliphatic hydroxyl groups is 1. The fourth-order valence-corrected chi connectivity index (χ4v) is 5.04. The van der Waals surface area contributed by atoms with Crippen LogP contribution in [0.1, 0.15) is 39.5 Å². The van der Waals surface area contributed by atoms with Gasteiger partial charge in [0.05, 0.1) is 12.6 Å². The van der Waals surface area contributed by atoms with E-state index >= 15 is 0 Å². The average molecular weight is 323 g/mol. The second kappa shape index (κ2) is 7.49. The zero-order valence-electron chi connectivity index (χ0n) is 14.7. The number of aliphatic hydroxyl groups excluding tert-OH is 1. The maximum Gasteiger partial charge on any atom is 0.237 e. The number of rotatable bonds is 6. The SMILES string of the molecule is CC(NC(=O)C(C)N1CCN(CCO)CC1)C1CC2CCC1C2. The molecule has 2 bridgehead atoms. The Labute approximate surface area is 140 Å². The first-order valence-electron chi connectivity index (χ1n) is 9.46. The number of carbonyl (C=O) groups is 1. The van der Waals surface area contributed by atoms with Gasteiger partial charge in [0, 0.05) is 38.8 Å². The molecule has 5 unspecified atom stereocenters. The minimum absolute atomic E-state index is 0.0488. The molecule has 0 spiro atoms. The number of hydrogen-bond acceptors (Lipinski definition) is 4. The number of hydrogen-bond donors (Lipinski definition) is 2. The molecule has 2 saturated carbocycles. The maximum atomic E-state index is 12.6. The molecule has 23 heavy (non-hydrogen) atoms. The number of piperazine rings is 1. The van der Waals surface area contributed by atoms with Crippen LogP contribution in [0, 0.1) is 17.8 Å². The topological polar surface area (TPSA) is 55.8 Å². The third-order valence-electron chi connectivity index (χ3n) is 6.56. The lowest BCUT2D eigenvalue weighted by Gasteiger charge is -2.38. The standard InChI is InChI=1S/C18H33N3O2/c1-13(17-12-15-3-4-16(17)11-15)19-18(23)14(2)21-7-5-20(6-8-21)9-10-22/h13-17,22H,3-12H2,1-2H3,(H,19,23). The van der Waals surface area contributed by atoms with E-state index in [0.717, 1.165) is 44.6 Å². The zero-order valence-corrected chi connectivity index (χ0v) is 14.7. The van der Waals surface area contributed by atoms with Crippen molar-refractivity contribution in [2.24, 2.45) is 17.8 Å². The van der Waals surface area contributed by atoms with Crippen LogP contribution >= 0.6 is 0 Å². The molecule has 2 N–H and O–H groups in total. The molecule has 2 aliphatic carbocycles. The Hall–Kier alpha value is -0.650. The predicted octanol–water partition coefficient (Wildman–Crippen LogP) is 0.926. The molecule has 0 aromatic heterocycles. The summed E-state index contributed by atoms with van der Waals surface area (Å²) in [5.41, 5.74) is 0. The second-order valence-corrected chi connectivity index (χ2v) is 7.91. The van der Waals surface area contributed by atoms with Crippen LogP contribution in [0.5, 0.6) is 0 Å². The van der Waals surface area contributed by atoms with E-state index < -0.39 is 0 Å². The van der Waals surface area contributed by atoms with Gasteiger partial charge in [-0.2, -0.15) is 0 Å². The van der Waals surface area contributed by atoms with Crippen LogP contribution in [-0.4, -0.2) is 72.2 Å². The van der Waals surface area contributed by atoms with E-state index in [4.69, 9.17) is 5.11 Å². The zero-order chi connectivity index (χ0) is 16.4. The van der Waals surface area contributed by atoms with E-state index in [1.807, 2.05) is 6.92 Å². The Balaban J connectivity index is 1.44. The van der Waals surface area contributed by atoms with Gasteiger partial charge in [-0.1, -0.05) is 6.42 Å². The normalized spacial score (nSPS) is 34.5. The molecule has 1 amide bonds. The van der Waals surface area contributed by atoms with Crippen molar-refractivity contribution in [1.29, 1.82) is 0 Å². The van der Waals surface area contributed by atoms with Crippen molar-refractivity contribution in [1.82, 2.24) is 15.1 Å². The first-order chi connectivity index (χ1) is 11.1. The minimum Gasteiger partial charge on any atom is -0.395 e. The number of amides is 1. The molecule has 1 heterocycles. The summed E-state index contributed by atoms with van der Waals surface area (Å²) in [5, 5.41) is 12.3. The lowest BCUT2D eigenvalue weighted by atomic mass is 9.84. The lowest BCUT2D eigenvalue weighted by Crippen LogP contribution is -2.55. The summed E-state index contributed by atoms with van der Waals surface area (Å²) in [6, 6.07) is 0.267. The molecule has 1 saturated heterocycles. The molecule has 3 aliphatic rings. The van der Waals surface area contributed by atoms with E-state index in [9.17, 15) is 4.79 Å². The predicted molar refractivity (Wildman–Crippen MR) is 91.1 cm³/mol. The van der Waals surface area contributed by atoms with Gasteiger partial charge in [0.15, 0.2) is 0 Å². The van der Waals surface area contributed by atoms with Crippen LogP contribution in [0.3, 0.4) is 0 Å². The Morgan fingerprint density at radius 3 is 2.48 bits per heavy atom. The van der Waals surface area contributed by atoms with E-state index in [-0.39, 0.29) is 18.6 Å². The van der Waals surface area contributed by atoms with Crippen molar-refractivity contribution in [2.75, 3.05) is 39.3 Å². The van der Waals surface area contributed by atoms with Gasteiger partial charge in [-0.15, -0.1) is 0 Å². The van der Waals surface area contributed by atoms with E-state index in [0.29, 0.717) is 12.0 Å². The van der Waals surface area contributed by atoms with Gasteiger partial charge < -0.3 is 10.4 Å².